The van der Waals surface area contributed by atoms with Crippen molar-refractivity contribution in [1.29, 1.82) is 0 Å². The van der Waals surface area contributed by atoms with E-state index in [-0.39, 0.29) is 0 Å². The molecule has 0 amide bonds. The summed E-state index contributed by atoms with van der Waals surface area (Å²) in [5, 5.41) is 3.44. The zero-order valence-corrected chi connectivity index (χ0v) is 13.2. The highest BCUT2D eigenvalue weighted by molar-refractivity contribution is 5.72. The molecule has 4 heteroatoms. The molecule has 0 aliphatic rings. The Bertz CT molecular complexity index is 408. The van der Waals surface area contributed by atoms with Crippen LogP contribution in [0.3, 0.4) is 0 Å². The Morgan fingerprint density at radius 1 is 1.15 bits per heavy atom. The monoisotopic (exact) mass is 280 g/mol. The highest BCUT2D eigenvalue weighted by Crippen LogP contribution is 2.35. The van der Waals surface area contributed by atoms with Gasteiger partial charge in [-0.15, -0.1) is 0 Å². The van der Waals surface area contributed by atoms with Crippen LogP contribution in [0.5, 0.6) is 11.5 Å². The SMILES string of the molecule is CCCCC(CC)CNc1cc(OC)c(OC)cc1N. The third-order valence-corrected chi connectivity index (χ3v) is 3.68. The van der Waals surface area contributed by atoms with Crippen molar-refractivity contribution in [3.63, 3.8) is 0 Å². The molecule has 0 spiro atoms. The smallest absolute Gasteiger partial charge is 0.162 e. The number of nitrogens with two attached hydrogens (primary N) is 1. The normalized spacial score (nSPS) is 12.0. The van der Waals surface area contributed by atoms with Crippen molar-refractivity contribution in [2.45, 2.75) is 39.5 Å². The first-order valence-corrected chi connectivity index (χ1v) is 7.41. The van der Waals surface area contributed by atoms with Crippen molar-refractivity contribution < 1.29 is 9.47 Å². The predicted octanol–water partition coefficient (Wildman–Crippen LogP) is 3.91. The van der Waals surface area contributed by atoms with Crippen molar-refractivity contribution in [3.05, 3.63) is 12.1 Å². The van der Waals surface area contributed by atoms with Gasteiger partial charge in [-0.25, -0.2) is 0 Å². The van der Waals surface area contributed by atoms with E-state index in [9.17, 15) is 0 Å². The van der Waals surface area contributed by atoms with Crippen LogP contribution in [-0.2, 0) is 0 Å². The van der Waals surface area contributed by atoms with Gasteiger partial charge in [0.05, 0.1) is 25.6 Å². The number of methoxy groups -OCH3 is 2. The third kappa shape index (κ3) is 4.51. The Balaban J connectivity index is 2.71. The first-order valence-electron chi connectivity index (χ1n) is 7.41. The van der Waals surface area contributed by atoms with E-state index in [4.69, 9.17) is 15.2 Å². The average molecular weight is 280 g/mol. The summed E-state index contributed by atoms with van der Waals surface area (Å²) in [5.74, 6) is 2.04. The molecule has 1 aromatic rings. The maximum Gasteiger partial charge on any atom is 0.162 e. The molecular formula is C16H28N2O2. The second-order valence-corrected chi connectivity index (χ2v) is 5.09. The summed E-state index contributed by atoms with van der Waals surface area (Å²) in [5.41, 5.74) is 7.65. The number of rotatable bonds is 9. The first kappa shape index (κ1) is 16.5. The van der Waals surface area contributed by atoms with Crippen molar-refractivity contribution in [2.24, 2.45) is 5.92 Å². The van der Waals surface area contributed by atoms with Crippen LogP contribution in [0.1, 0.15) is 39.5 Å². The van der Waals surface area contributed by atoms with E-state index in [1.807, 2.05) is 6.07 Å². The van der Waals surface area contributed by atoms with Gasteiger partial charge in [-0.3, -0.25) is 0 Å². The molecule has 20 heavy (non-hydrogen) atoms. The van der Waals surface area contributed by atoms with Gasteiger partial charge < -0.3 is 20.5 Å². The first-order chi connectivity index (χ1) is 9.65. The average Bonchev–Trinajstić information content (AvgIpc) is 2.48. The van der Waals surface area contributed by atoms with Gasteiger partial charge in [0.1, 0.15) is 0 Å². The van der Waals surface area contributed by atoms with E-state index >= 15 is 0 Å². The molecule has 0 bridgehead atoms. The number of unbranched alkanes of at least 4 members (excludes halogenated alkanes) is 1. The molecule has 3 N–H and O–H groups in total. The van der Waals surface area contributed by atoms with Crippen LogP contribution < -0.4 is 20.5 Å². The Morgan fingerprint density at radius 3 is 2.35 bits per heavy atom. The zero-order chi connectivity index (χ0) is 15.0. The second-order valence-electron chi connectivity index (χ2n) is 5.09. The Kier molecular flexibility index (Phi) is 7.05. The maximum absolute atomic E-state index is 6.05. The van der Waals surface area contributed by atoms with Crippen LogP contribution in [0.4, 0.5) is 11.4 Å². The molecule has 0 fully saturated rings. The molecule has 0 radical (unpaired) electrons. The lowest BCUT2D eigenvalue weighted by Gasteiger charge is -2.18. The fraction of sp³-hybridized carbons (Fsp3) is 0.625. The van der Waals surface area contributed by atoms with Crippen molar-refractivity contribution in [2.75, 3.05) is 31.8 Å². The summed E-state index contributed by atoms with van der Waals surface area (Å²) < 4.78 is 10.5. The topological polar surface area (TPSA) is 56.5 Å². The standard InChI is InChI=1S/C16H28N2O2/c1-5-7-8-12(6-2)11-18-14-10-16(20-4)15(19-3)9-13(14)17/h9-10,12,18H,5-8,11,17H2,1-4H3. The molecule has 0 saturated heterocycles. The quantitative estimate of drug-likeness (QED) is 0.673. The Hall–Kier alpha value is -1.58. The highest BCUT2D eigenvalue weighted by atomic mass is 16.5. The number of benzene rings is 1. The summed E-state index contributed by atoms with van der Waals surface area (Å²) in [6.45, 7) is 5.41. The summed E-state index contributed by atoms with van der Waals surface area (Å²) in [7, 11) is 3.25. The molecular weight excluding hydrogens is 252 g/mol. The number of hydrogen-bond donors (Lipinski definition) is 2. The number of nitrogens with one attached hydrogen (secondary N) is 1. The molecule has 0 heterocycles. The summed E-state index contributed by atoms with van der Waals surface area (Å²) in [6, 6.07) is 3.70. The molecule has 1 aromatic carbocycles. The lowest BCUT2D eigenvalue weighted by atomic mass is 9.99. The van der Waals surface area contributed by atoms with Gasteiger partial charge >= 0.3 is 0 Å². The minimum atomic E-state index is 0.661. The summed E-state index contributed by atoms with van der Waals surface area (Å²) >= 11 is 0. The maximum atomic E-state index is 6.05. The summed E-state index contributed by atoms with van der Waals surface area (Å²) in [6.07, 6.45) is 4.96. The van der Waals surface area contributed by atoms with Gasteiger partial charge in [-0.1, -0.05) is 33.1 Å². The molecule has 0 aliphatic heterocycles. The molecule has 1 atom stereocenters. The van der Waals surface area contributed by atoms with Gasteiger partial charge in [0.15, 0.2) is 11.5 Å². The van der Waals surface area contributed by atoms with Gasteiger partial charge in [-0.2, -0.15) is 0 Å². The Morgan fingerprint density at radius 2 is 1.80 bits per heavy atom. The van der Waals surface area contributed by atoms with E-state index in [1.54, 1.807) is 20.3 Å². The molecule has 0 saturated carbocycles. The third-order valence-electron chi connectivity index (χ3n) is 3.68. The molecule has 1 rings (SSSR count). The number of nitrogen functional groups attached to an aromatic ring is 1. The van der Waals surface area contributed by atoms with E-state index in [0.717, 1.165) is 12.2 Å². The predicted molar refractivity (Wildman–Crippen MR) is 85.8 cm³/mol. The van der Waals surface area contributed by atoms with Crippen molar-refractivity contribution >= 4 is 11.4 Å². The molecule has 0 aromatic heterocycles. The number of ether oxygens (including phenoxy) is 2. The fourth-order valence-electron chi connectivity index (χ4n) is 2.25. The van der Waals surface area contributed by atoms with Gasteiger partial charge in [-0.05, 0) is 12.3 Å². The lowest BCUT2D eigenvalue weighted by Crippen LogP contribution is -2.14. The van der Waals surface area contributed by atoms with Crippen LogP contribution in [0.2, 0.25) is 0 Å². The largest absolute Gasteiger partial charge is 0.493 e. The van der Waals surface area contributed by atoms with Crippen LogP contribution in [0.25, 0.3) is 0 Å². The molecule has 0 aliphatic carbocycles. The fourth-order valence-corrected chi connectivity index (χ4v) is 2.25. The second kappa shape index (κ2) is 8.56. The van der Waals surface area contributed by atoms with Crippen LogP contribution in [0, 0.1) is 5.92 Å². The number of hydrogen-bond acceptors (Lipinski definition) is 4. The van der Waals surface area contributed by atoms with Crippen LogP contribution in [-0.4, -0.2) is 20.8 Å². The van der Waals surface area contributed by atoms with E-state index < -0.39 is 0 Å². The lowest BCUT2D eigenvalue weighted by molar-refractivity contribution is 0.355. The zero-order valence-electron chi connectivity index (χ0n) is 13.2. The van der Waals surface area contributed by atoms with Gasteiger partial charge in [0.2, 0.25) is 0 Å². The Labute approximate surface area is 122 Å². The van der Waals surface area contributed by atoms with Gasteiger partial charge in [0, 0.05) is 18.7 Å². The van der Waals surface area contributed by atoms with E-state index in [2.05, 4.69) is 19.2 Å². The van der Waals surface area contributed by atoms with Crippen molar-refractivity contribution in [1.82, 2.24) is 0 Å². The highest BCUT2D eigenvalue weighted by Gasteiger charge is 2.11. The van der Waals surface area contributed by atoms with Crippen LogP contribution >= 0.6 is 0 Å². The van der Waals surface area contributed by atoms with Crippen molar-refractivity contribution in [3.8, 4) is 11.5 Å². The molecule has 114 valence electrons. The number of anilines is 2. The van der Waals surface area contributed by atoms with Gasteiger partial charge in [0.25, 0.3) is 0 Å². The molecule has 1 unspecified atom stereocenters. The van der Waals surface area contributed by atoms with Crippen LogP contribution in [0.15, 0.2) is 12.1 Å². The minimum Gasteiger partial charge on any atom is -0.493 e. The molecule has 4 nitrogen and oxygen atoms in total. The van der Waals surface area contributed by atoms with E-state index in [0.29, 0.717) is 23.1 Å². The van der Waals surface area contributed by atoms with E-state index in [1.165, 1.54) is 25.7 Å². The summed E-state index contributed by atoms with van der Waals surface area (Å²) in [4.78, 5) is 0. The minimum absolute atomic E-state index is 0.661.